The molecule has 6 heteroatoms. The molecule has 0 spiro atoms. The van der Waals surface area contributed by atoms with Crippen molar-refractivity contribution in [1.82, 2.24) is 9.78 Å². The Kier molecular flexibility index (Phi) is 4.08. The highest BCUT2D eigenvalue weighted by molar-refractivity contribution is 5.94. The average Bonchev–Trinajstić information content (AvgIpc) is 3.05. The largest absolute Gasteiger partial charge is 0.504 e. The number of anilines is 1. The second-order valence-corrected chi connectivity index (χ2v) is 6.33. The molecule has 1 aromatic heterocycles. The monoisotopic (exact) mass is 349 g/mol. The van der Waals surface area contributed by atoms with Gasteiger partial charge >= 0.3 is 0 Å². The number of carbonyl (C=O) groups is 1. The second kappa shape index (κ2) is 6.55. The van der Waals surface area contributed by atoms with Crippen molar-refractivity contribution in [2.75, 3.05) is 12.4 Å². The Morgan fingerprint density at radius 2 is 2.08 bits per heavy atom. The van der Waals surface area contributed by atoms with Gasteiger partial charge < -0.3 is 15.2 Å². The predicted molar refractivity (Wildman–Crippen MR) is 97.5 cm³/mol. The highest BCUT2D eigenvalue weighted by Gasteiger charge is 2.30. The SMILES string of the molecule is COc1cc([C@H]2CC(=O)Nc3c2cnn3Cc2ccccc2)ccc1O. The third-order valence-corrected chi connectivity index (χ3v) is 4.67. The number of aromatic nitrogens is 2. The number of ether oxygens (including phenoxy) is 1. The summed E-state index contributed by atoms with van der Waals surface area (Å²) in [4.78, 5) is 12.3. The number of nitrogens with one attached hydrogen (secondary N) is 1. The Balaban J connectivity index is 1.72. The maximum atomic E-state index is 12.3. The molecule has 0 saturated carbocycles. The Morgan fingerprint density at radius 1 is 1.27 bits per heavy atom. The van der Waals surface area contributed by atoms with E-state index in [4.69, 9.17) is 4.74 Å². The molecule has 3 aromatic rings. The average molecular weight is 349 g/mol. The molecule has 1 amide bonds. The van der Waals surface area contributed by atoms with Crippen LogP contribution in [0.5, 0.6) is 11.5 Å². The van der Waals surface area contributed by atoms with Crippen molar-refractivity contribution in [2.24, 2.45) is 0 Å². The van der Waals surface area contributed by atoms with E-state index in [2.05, 4.69) is 10.4 Å². The summed E-state index contributed by atoms with van der Waals surface area (Å²) in [7, 11) is 1.51. The van der Waals surface area contributed by atoms with Crippen LogP contribution in [0.25, 0.3) is 0 Å². The Labute approximate surface area is 151 Å². The first-order chi connectivity index (χ1) is 12.7. The minimum Gasteiger partial charge on any atom is -0.504 e. The van der Waals surface area contributed by atoms with Gasteiger partial charge in [-0.25, -0.2) is 4.68 Å². The lowest BCUT2D eigenvalue weighted by Crippen LogP contribution is -2.25. The van der Waals surface area contributed by atoms with Gasteiger partial charge in [0.05, 0.1) is 19.9 Å². The summed E-state index contributed by atoms with van der Waals surface area (Å²) >= 11 is 0. The molecule has 4 rings (SSSR count). The molecule has 2 N–H and O–H groups in total. The van der Waals surface area contributed by atoms with Crippen molar-refractivity contribution >= 4 is 11.7 Å². The maximum absolute atomic E-state index is 12.3. The van der Waals surface area contributed by atoms with Crippen molar-refractivity contribution in [3.8, 4) is 11.5 Å². The van der Waals surface area contributed by atoms with Crippen LogP contribution in [0.2, 0.25) is 0 Å². The number of hydrogen-bond acceptors (Lipinski definition) is 4. The van der Waals surface area contributed by atoms with Gasteiger partial charge in [-0.1, -0.05) is 36.4 Å². The molecule has 2 aromatic carbocycles. The van der Waals surface area contributed by atoms with Crippen LogP contribution in [0, 0.1) is 0 Å². The topological polar surface area (TPSA) is 76.4 Å². The molecule has 0 unspecified atom stereocenters. The molecule has 0 radical (unpaired) electrons. The Bertz CT molecular complexity index is 950. The van der Waals surface area contributed by atoms with Gasteiger partial charge in [0.25, 0.3) is 0 Å². The molecular weight excluding hydrogens is 330 g/mol. The number of phenolic OH excluding ortho intramolecular Hbond substituents is 1. The van der Waals surface area contributed by atoms with Gasteiger partial charge in [0.2, 0.25) is 5.91 Å². The van der Waals surface area contributed by atoms with Crippen LogP contribution >= 0.6 is 0 Å². The van der Waals surface area contributed by atoms with E-state index >= 15 is 0 Å². The molecule has 0 fully saturated rings. The molecule has 0 bridgehead atoms. The molecule has 1 aliphatic heterocycles. The van der Waals surface area contributed by atoms with Gasteiger partial charge in [-0.2, -0.15) is 5.10 Å². The summed E-state index contributed by atoms with van der Waals surface area (Å²) < 4.78 is 7.02. The molecule has 1 aliphatic rings. The fraction of sp³-hybridized carbons (Fsp3) is 0.200. The van der Waals surface area contributed by atoms with Crippen molar-refractivity contribution in [3.63, 3.8) is 0 Å². The number of rotatable bonds is 4. The summed E-state index contributed by atoms with van der Waals surface area (Å²) in [6.45, 7) is 0.585. The standard InChI is InChI=1S/C20H19N3O3/c1-26-18-9-14(7-8-17(18)24)15-10-19(25)22-20-16(15)11-21-23(20)12-13-5-3-2-4-6-13/h2-9,11,15,24H,10,12H2,1H3,(H,22,25)/t15-/m1/s1. The summed E-state index contributed by atoms with van der Waals surface area (Å²) in [6.07, 6.45) is 2.14. The van der Waals surface area contributed by atoms with Crippen LogP contribution in [-0.2, 0) is 11.3 Å². The van der Waals surface area contributed by atoms with E-state index in [-0.39, 0.29) is 17.6 Å². The number of carbonyl (C=O) groups excluding carboxylic acids is 1. The lowest BCUT2D eigenvalue weighted by Gasteiger charge is -2.24. The smallest absolute Gasteiger partial charge is 0.226 e. The third-order valence-electron chi connectivity index (χ3n) is 4.67. The van der Waals surface area contributed by atoms with E-state index in [9.17, 15) is 9.90 Å². The van der Waals surface area contributed by atoms with Crippen LogP contribution in [0.1, 0.15) is 29.0 Å². The summed E-state index contributed by atoms with van der Waals surface area (Å²) in [5.74, 6) is 1.02. The van der Waals surface area contributed by atoms with Crippen LogP contribution in [0.3, 0.4) is 0 Å². The molecule has 26 heavy (non-hydrogen) atoms. The number of amides is 1. The number of phenols is 1. The van der Waals surface area contributed by atoms with E-state index in [0.717, 1.165) is 22.5 Å². The number of fused-ring (bicyclic) bond motifs is 1. The minimum absolute atomic E-state index is 0.0515. The zero-order valence-corrected chi connectivity index (χ0v) is 14.3. The predicted octanol–water partition coefficient (Wildman–Crippen LogP) is 3.12. The van der Waals surface area contributed by atoms with Crippen molar-refractivity contribution in [1.29, 1.82) is 0 Å². The lowest BCUT2D eigenvalue weighted by atomic mass is 9.87. The van der Waals surface area contributed by atoms with Gasteiger partial charge in [-0.15, -0.1) is 0 Å². The van der Waals surface area contributed by atoms with E-state index in [1.807, 2.05) is 47.3 Å². The van der Waals surface area contributed by atoms with Crippen molar-refractivity contribution < 1.29 is 14.6 Å². The highest BCUT2D eigenvalue weighted by Crippen LogP contribution is 2.39. The van der Waals surface area contributed by atoms with Crippen LogP contribution in [0.15, 0.2) is 54.7 Å². The molecule has 6 nitrogen and oxygen atoms in total. The first-order valence-corrected chi connectivity index (χ1v) is 8.42. The van der Waals surface area contributed by atoms with Gasteiger partial charge in [0.15, 0.2) is 11.5 Å². The zero-order valence-electron chi connectivity index (χ0n) is 14.3. The summed E-state index contributed by atoms with van der Waals surface area (Å²) in [6, 6.07) is 15.2. The van der Waals surface area contributed by atoms with Crippen molar-refractivity contribution in [2.45, 2.75) is 18.9 Å². The van der Waals surface area contributed by atoms with Gasteiger partial charge in [-0.05, 0) is 23.3 Å². The number of methoxy groups -OCH3 is 1. The normalized spacial score (nSPS) is 16.0. The van der Waals surface area contributed by atoms with Crippen LogP contribution in [-0.4, -0.2) is 27.9 Å². The summed E-state index contributed by atoms with van der Waals surface area (Å²) in [5.41, 5.74) is 2.99. The molecule has 2 heterocycles. The van der Waals surface area contributed by atoms with Crippen molar-refractivity contribution in [3.05, 3.63) is 71.4 Å². The number of benzene rings is 2. The van der Waals surface area contributed by atoms with Gasteiger partial charge in [0, 0.05) is 17.9 Å². The molecule has 132 valence electrons. The molecular formula is C20H19N3O3. The Hall–Kier alpha value is -3.28. The Morgan fingerprint density at radius 3 is 2.85 bits per heavy atom. The van der Waals surface area contributed by atoms with Gasteiger partial charge in [-0.3, -0.25) is 4.79 Å². The maximum Gasteiger partial charge on any atom is 0.226 e. The number of nitrogens with zero attached hydrogens (tertiary/aromatic N) is 2. The van der Waals surface area contributed by atoms with Crippen LogP contribution in [0.4, 0.5) is 5.82 Å². The first-order valence-electron chi connectivity index (χ1n) is 8.42. The van der Waals surface area contributed by atoms with E-state index in [0.29, 0.717) is 18.7 Å². The van der Waals surface area contributed by atoms with E-state index < -0.39 is 0 Å². The first kappa shape index (κ1) is 16.2. The van der Waals surface area contributed by atoms with Crippen LogP contribution < -0.4 is 10.1 Å². The summed E-state index contributed by atoms with van der Waals surface area (Å²) in [5, 5.41) is 17.3. The van der Waals surface area contributed by atoms with E-state index in [1.54, 1.807) is 12.1 Å². The lowest BCUT2D eigenvalue weighted by molar-refractivity contribution is -0.116. The molecule has 0 saturated heterocycles. The number of hydrogen-bond donors (Lipinski definition) is 2. The second-order valence-electron chi connectivity index (χ2n) is 6.33. The fourth-order valence-electron chi connectivity index (χ4n) is 3.35. The quantitative estimate of drug-likeness (QED) is 0.759. The van der Waals surface area contributed by atoms with Gasteiger partial charge in [0.1, 0.15) is 5.82 Å². The molecule has 0 aliphatic carbocycles. The zero-order chi connectivity index (χ0) is 18.1. The highest BCUT2D eigenvalue weighted by atomic mass is 16.5. The third kappa shape index (κ3) is 2.90. The fourth-order valence-corrected chi connectivity index (χ4v) is 3.35. The molecule has 1 atom stereocenters. The van der Waals surface area contributed by atoms with E-state index in [1.165, 1.54) is 7.11 Å². The number of aromatic hydroxyl groups is 1. The minimum atomic E-state index is -0.127.